The SMILES string of the molecule is CCNC(=NCC1CCCN(C)C1)NCCc1ccccc1F. The molecule has 4 nitrogen and oxygen atoms in total. The molecule has 0 spiro atoms. The number of guanidine groups is 1. The lowest BCUT2D eigenvalue weighted by Crippen LogP contribution is -2.39. The third-order valence-electron chi connectivity index (χ3n) is 4.22. The maximum absolute atomic E-state index is 13.6. The zero-order chi connectivity index (χ0) is 16.5. The molecule has 23 heavy (non-hydrogen) atoms. The molecule has 2 rings (SSSR count). The molecule has 2 N–H and O–H groups in total. The third-order valence-corrected chi connectivity index (χ3v) is 4.22. The maximum Gasteiger partial charge on any atom is 0.191 e. The number of hydrogen-bond acceptors (Lipinski definition) is 2. The average Bonchev–Trinajstić information content (AvgIpc) is 2.54. The van der Waals surface area contributed by atoms with E-state index in [-0.39, 0.29) is 5.82 Å². The Morgan fingerprint density at radius 3 is 2.91 bits per heavy atom. The Morgan fingerprint density at radius 2 is 2.17 bits per heavy atom. The van der Waals surface area contributed by atoms with Gasteiger partial charge in [0.2, 0.25) is 0 Å². The van der Waals surface area contributed by atoms with Gasteiger partial charge in [0.1, 0.15) is 5.82 Å². The monoisotopic (exact) mass is 320 g/mol. The molecular weight excluding hydrogens is 291 g/mol. The normalized spacial score (nSPS) is 19.6. The van der Waals surface area contributed by atoms with Crippen molar-refractivity contribution in [1.29, 1.82) is 0 Å². The predicted octanol–water partition coefficient (Wildman–Crippen LogP) is 2.27. The van der Waals surface area contributed by atoms with Crippen LogP contribution in [-0.2, 0) is 6.42 Å². The summed E-state index contributed by atoms with van der Waals surface area (Å²) in [5, 5.41) is 6.57. The van der Waals surface area contributed by atoms with Gasteiger partial charge in [-0.15, -0.1) is 0 Å². The third kappa shape index (κ3) is 6.18. The van der Waals surface area contributed by atoms with E-state index >= 15 is 0 Å². The Morgan fingerprint density at radius 1 is 1.35 bits per heavy atom. The van der Waals surface area contributed by atoms with E-state index < -0.39 is 0 Å². The fourth-order valence-corrected chi connectivity index (χ4v) is 3.00. The summed E-state index contributed by atoms with van der Waals surface area (Å²) in [4.78, 5) is 7.08. The highest BCUT2D eigenvalue weighted by Gasteiger charge is 2.16. The van der Waals surface area contributed by atoms with Gasteiger partial charge in [-0.05, 0) is 57.3 Å². The van der Waals surface area contributed by atoms with Crippen molar-refractivity contribution >= 4 is 5.96 Å². The highest BCUT2D eigenvalue weighted by atomic mass is 19.1. The number of aliphatic imine (C=N–C) groups is 1. The molecule has 128 valence electrons. The number of piperidine rings is 1. The molecule has 0 bridgehead atoms. The van der Waals surface area contributed by atoms with E-state index in [2.05, 4.69) is 29.5 Å². The molecule has 1 heterocycles. The average molecular weight is 320 g/mol. The van der Waals surface area contributed by atoms with Gasteiger partial charge in [-0.1, -0.05) is 18.2 Å². The van der Waals surface area contributed by atoms with Crippen molar-refractivity contribution in [3.05, 3.63) is 35.6 Å². The van der Waals surface area contributed by atoms with Gasteiger partial charge < -0.3 is 15.5 Å². The van der Waals surface area contributed by atoms with Crippen LogP contribution in [0.15, 0.2) is 29.3 Å². The Balaban J connectivity index is 1.80. The first kappa shape index (κ1) is 17.7. The van der Waals surface area contributed by atoms with E-state index in [0.717, 1.165) is 31.2 Å². The lowest BCUT2D eigenvalue weighted by Gasteiger charge is -2.28. The smallest absolute Gasteiger partial charge is 0.191 e. The molecule has 5 heteroatoms. The van der Waals surface area contributed by atoms with Gasteiger partial charge in [0, 0.05) is 26.2 Å². The summed E-state index contributed by atoms with van der Waals surface area (Å²) in [5.41, 5.74) is 0.741. The zero-order valence-corrected chi connectivity index (χ0v) is 14.3. The molecule has 0 saturated carbocycles. The van der Waals surface area contributed by atoms with Crippen molar-refractivity contribution in [2.45, 2.75) is 26.2 Å². The molecule has 1 saturated heterocycles. The van der Waals surface area contributed by atoms with Crippen LogP contribution in [0.25, 0.3) is 0 Å². The van der Waals surface area contributed by atoms with Crippen molar-refractivity contribution in [1.82, 2.24) is 15.5 Å². The summed E-state index contributed by atoms with van der Waals surface area (Å²) in [5.74, 6) is 1.33. The minimum Gasteiger partial charge on any atom is -0.357 e. The van der Waals surface area contributed by atoms with E-state index in [1.807, 2.05) is 12.1 Å². The number of rotatable bonds is 6. The van der Waals surface area contributed by atoms with E-state index in [9.17, 15) is 4.39 Å². The van der Waals surface area contributed by atoms with Crippen LogP contribution in [0.5, 0.6) is 0 Å². The van der Waals surface area contributed by atoms with Gasteiger partial charge in [-0.25, -0.2) is 4.39 Å². The Hall–Kier alpha value is -1.62. The second-order valence-electron chi connectivity index (χ2n) is 6.26. The van der Waals surface area contributed by atoms with Gasteiger partial charge >= 0.3 is 0 Å². The van der Waals surface area contributed by atoms with Crippen molar-refractivity contribution in [3.8, 4) is 0 Å². The molecule has 1 atom stereocenters. The number of halogens is 1. The Kier molecular flexibility index (Phi) is 7.33. The van der Waals surface area contributed by atoms with Gasteiger partial charge in [0.25, 0.3) is 0 Å². The molecule has 0 amide bonds. The highest BCUT2D eigenvalue weighted by molar-refractivity contribution is 5.79. The lowest BCUT2D eigenvalue weighted by atomic mass is 9.99. The van der Waals surface area contributed by atoms with Crippen molar-refractivity contribution < 1.29 is 4.39 Å². The molecule has 0 aromatic heterocycles. The number of likely N-dealkylation sites (tertiary alicyclic amines) is 1. The van der Waals surface area contributed by atoms with Crippen LogP contribution in [0, 0.1) is 11.7 Å². The van der Waals surface area contributed by atoms with Crippen molar-refractivity contribution in [2.75, 3.05) is 39.8 Å². The van der Waals surface area contributed by atoms with E-state index in [1.54, 1.807) is 6.07 Å². The minimum atomic E-state index is -0.138. The standard InChI is InChI=1S/C18H29FN4/c1-3-20-18(22-13-15-7-6-12-23(2)14-15)21-11-10-16-8-4-5-9-17(16)19/h4-5,8-9,15H,3,6-7,10-14H2,1-2H3,(H2,20,21,22). The van der Waals surface area contributed by atoms with Gasteiger partial charge in [-0.2, -0.15) is 0 Å². The summed E-state index contributed by atoms with van der Waals surface area (Å²) in [6.07, 6.45) is 3.17. The van der Waals surface area contributed by atoms with Crippen molar-refractivity contribution in [2.24, 2.45) is 10.9 Å². The molecule has 1 aliphatic rings. The fourth-order valence-electron chi connectivity index (χ4n) is 3.00. The lowest BCUT2D eigenvalue weighted by molar-refractivity contribution is 0.214. The van der Waals surface area contributed by atoms with Crippen LogP contribution in [0.4, 0.5) is 4.39 Å². The molecule has 0 radical (unpaired) electrons. The number of hydrogen-bond donors (Lipinski definition) is 2. The Labute approximate surface area is 139 Å². The van der Waals surface area contributed by atoms with Crippen LogP contribution < -0.4 is 10.6 Å². The topological polar surface area (TPSA) is 39.7 Å². The summed E-state index contributed by atoms with van der Waals surface area (Å²) >= 11 is 0. The number of nitrogens with zero attached hydrogens (tertiary/aromatic N) is 2. The molecule has 1 unspecified atom stereocenters. The van der Waals surface area contributed by atoms with Crippen LogP contribution in [-0.4, -0.2) is 50.6 Å². The highest BCUT2D eigenvalue weighted by Crippen LogP contribution is 2.15. The molecule has 1 aromatic carbocycles. The van der Waals surface area contributed by atoms with E-state index in [4.69, 9.17) is 4.99 Å². The number of nitrogens with one attached hydrogen (secondary N) is 2. The molecule has 1 aliphatic heterocycles. The maximum atomic E-state index is 13.6. The first-order valence-corrected chi connectivity index (χ1v) is 8.63. The van der Waals surface area contributed by atoms with Gasteiger partial charge in [0.15, 0.2) is 5.96 Å². The number of benzene rings is 1. The van der Waals surface area contributed by atoms with Crippen molar-refractivity contribution in [3.63, 3.8) is 0 Å². The van der Waals surface area contributed by atoms with Gasteiger partial charge in [-0.3, -0.25) is 4.99 Å². The quantitative estimate of drug-likeness (QED) is 0.624. The second-order valence-corrected chi connectivity index (χ2v) is 6.26. The summed E-state index contributed by atoms with van der Waals surface area (Å²) in [7, 11) is 2.17. The summed E-state index contributed by atoms with van der Waals surface area (Å²) in [6.45, 7) is 6.73. The first-order valence-electron chi connectivity index (χ1n) is 8.63. The molecular formula is C18H29FN4. The fraction of sp³-hybridized carbons (Fsp3) is 0.611. The molecule has 0 aliphatic carbocycles. The summed E-state index contributed by atoms with van der Waals surface area (Å²) in [6, 6.07) is 6.93. The second kappa shape index (κ2) is 9.50. The van der Waals surface area contributed by atoms with E-state index in [0.29, 0.717) is 18.9 Å². The van der Waals surface area contributed by atoms with Gasteiger partial charge in [0.05, 0.1) is 0 Å². The van der Waals surface area contributed by atoms with Crippen LogP contribution in [0.1, 0.15) is 25.3 Å². The molecule has 1 fully saturated rings. The molecule has 1 aromatic rings. The van der Waals surface area contributed by atoms with Crippen LogP contribution in [0.3, 0.4) is 0 Å². The largest absolute Gasteiger partial charge is 0.357 e. The van der Waals surface area contributed by atoms with E-state index in [1.165, 1.54) is 25.5 Å². The summed E-state index contributed by atoms with van der Waals surface area (Å²) < 4.78 is 13.6. The van der Waals surface area contributed by atoms with Crippen LogP contribution in [0.2, 0.25) is 0 Å². The minimum absolute atomic E-state index is 0.138. The Bertz CT molecular complexity index is 504. The zero-order valence-electron chi connectivity index (χ0n) is 14.3. The van der Waals surface area contributed by atoms with Crippen LogP contribution >= 0.6 is 0 Å². The first-order chi connectivity index (χ1) is 11.2. The predicted molar refractivity (Wildman–Crippen MR) is 94.3 cm³/mol.